The Morgan fingerprint density at radius 2 is 2.26 bits per heavy atom. The van der Waals surface area contributed by atoms with Gasteiger partial charge in [0.05, 0.1) is 6.10 Å². The number of nitrogens with zero attached hydrogens (tertiary/aromatic N) is 2. The zero-order chi connectivity index (χ0) is 13.8. The van der Waals surface area contributed by atoms with E-state index < -0.39 is 6.10 Å². The van der Waals surface area contributed by atoms with E-state index in [4.69, 9.17) is 4.74 Å². The van der Waals surface area contributed by atoms with Crippen molar-refractivity contribution in [2.45, 2.75) is 33.1 Å². The highest BCUT2D eigenvalue weighted by atomic mass is 79.9. The van der Waals surface area contributed by atoms with Crippen LogP contribution >= 0.6 is 15.9 Å². The van der Waals surface area contributed by atoms with Crippen LogP contribution in [-0.2, 0) is 13.2 Å². The van der Waals surface area contributed by atoms with Crippen molar-refractivity contribution in [2.24, 2.45) is 0 Å². The molecule has 0 saturated heterocycles. The first-order chi connectivity index (χ1) is 9.11. The summed E-state index contributed by atoms with van der Waals surface area (Å²) in [7, 11) is 0. The van der Waals surface area contributed by atoms with Crippen LogP contribution < -0.4 is 4.74 Å². The van der Waals surface area contributed by atoms with Crippen LogP contribution in [0.2, 0.25) is 0 Å². The van der Waals surface area contributed by atoms with E-state index in [1.807, 2.05) is 29.0 Å². The Balaban J connectivity index is 2.17. The van der Waals surface area contributed by atoms with Crippen LogP contribution in [0.25, 0.3) is 0 Å². The van der Waals surface area contributed by atoms with Gasteiger partial charge < -0.3 is 14.4 Å². The second-order valence-corrected chi connectivity index (χ2v) is 5.19. The second kappa shape index (κ2) is 6.21. The number of hydrogen-bond acceptors (Lipinski definition) is 3. The molecule has 1 aromatic heterocycles. The van der Waals surface area contributed by atoms with Crippen LogP contribution in [0.15, 0.2) is 35.1 Å². The van der Waals surface area contributed by atoms with Crippen molar-refractivity contribution in [3.8, 4) is 5.75 Å². The number of aromatic nitrogens is 2. The summed E-state index contributed by atoms with van der Waals surface area (Å²) in [5, 5.41) is 9.74. The lowest BCUT2D eigenvalue weighted by atomic mass is 10.1. The van der Waals surface area contributed by atoms with E-state index in [-0.39, 0.29) is 0 Å². The molecule has 0 bridgehead atoms. The highest BCUT2D eigenvalue weighted by Crippen LogP contribution is 2.29. The first-order valence-corrected chi connectivity index (χ1v) is 7.01. The number of ether oxygens (including phenoxy) is 1. The van der Waals surface area contributed by atoms with Gasteiger partial charge in [-0.1, -0.05) is 22.0 Å². The Bertz CT molecular complexity index is 552. The standard InChI is InChI=1S/C14H17BrN2O2/c1-3-17-7-6-16-14(17)9-19-13-8-11(15)4-5-12(13)10(2)18/h4-8,10,18H,3,9H2,1-2H3/t10-/m1/s1. The van der Waals surface area contributed by atoms with Crippen LogP contribution in [0.3, 0.4) is 0 Å². The van der Waals surface area contributed by atoms with Gasteiger partial charge in [-0.05, 0) is 26.0 Å². The number of aryl methyl sites for hydroxylation is 1. The highest BCUT2D eigenvalue weighted by Gasteiger charge is 2.11. The van der Waals surface area contributed by atoms with Gasteiger partial charge in [-0.3, -0.25) is 0 Å². The molecule has 1 N–H and O–H groups in total. The third kappa shape index (κ3) is 3.36. The van der Waals surface area contributed by atoms with Crippen LogP contribution in [0, 0.1) is 0 Å². The predicted molar refractivity (Wildman–Crippen MR) is 77.0 cm³/mol. The molecule has 4 nitrogen and oxygen atoms in total. The van der Waals surface area contributed by atoms with Gasteiger partial charge in [0.25, 0.3) is 0 Å². The SMILES string of the molecule is CCn1ccnc1COc1cc(Br)ccc1[C@@H](C)O. The van der Waals surface area contributed by atoms with Crippen molar-refractivity contribution in [2.75, 3.05) is 0 Å². The molecule has 1 heterocycles. The molecule has 2 aromatic rings. The van der Waals surface area contributed by atoms with Gasteiger partial charge in [-0.15, -0.1) is 0 Å². The lowest BCUT2D eigenvalue weighted by Crippen LogP contribution is -2.07. The van der Waals surface area contributed by atoms with Crippen molar-refractivity contribution in [1.82, 2.24) is 9.55 Å². The topological polar surface area (TPSA) is 47.3 Å². The number of benzene rings is 1. The fourth-order valence-corrected chi connectivity index (χ4v) is 2.23. The predicted octanol–water partition coefficient (Wildman–Crippen LogP) is 3.30. The molecule has 0 aliphatic heterocycles. The monoisotopic (exact) mass is 324 g/mol. The molecule has 0 radical (unpaired) electrons. The van der Waals surface area contributed by atoms with Crippen molar-refractivity contribution in [1.29, 1.82) is 0 Å². The molecule has 102 valence electrons. The summed E-state index contributed by atoms with van der Waals surface area (Å²) in [5.41, 5.74) is 0.776. The van der Waals surface area contributed by atoms with E-state index in [0.29, 0.717) is 12.4 Å². The molecule has 19 heavy (non-hydrogen) atoms. The smallest absolute Gasteiger partial charge is 0.146 e. The first kappa shape index (κ1) is 14.1. The molecule has 0 unspecified atom stereocenters. The zero-order valence-corrected chi connectivity index (χ0v) is 12.6. The van der Waals surface area contributed by atoms with E-state index in [0.717, 1.165) is 22.4 Å². The van der Waals surface area contributed by atoms with Gasteiger partial charge in [0.15, 0.2) is 0 Å². The summed E-state index contributed by atoms with van der Waals surface area (Å²) in [4.78, 5) is 4.26. The number of imidazole rings is 1. The summed E-state index contributed by atoms with van der Waals surface area (Å²) in [6.07, 6.45) is 3.13. The molecule has 0 amide bonds. The lowest BCUT2D eigenvalue weighted by Gasteiger charge is -2.14. The van der Waals surface area contributed by atoms with Gasteiger partial charge in [0, 0.05) is 29.0 Å². The third-order valence-electron chi connectivity index (χ3n) is 2.92. The van der Waals surface area contributed by atoms with Gasteiger partial charge in [0.1, 0.15) is 18.2 Å². The average Bonchev–Trinajstić information content (AvgIpc) is 2.83. The normalized spacial score (nSPS) is 12.4. The lowest BCUT2D eigenvalue weighted by molar-refractivity contribution is 0.189. The third-order valence-corrected chi connectivity index (χ3v) is 3.42. The maximum Gasteiger partial charge on any atom is 0.146 e. The van der Waals surface area contributed by atoms with Crippen molar-refractivity contribution < 1.29 is 9.84 Å². The molecular formula is C14H17BrN2O2. The molecule has 0 aliphatic rings. The van der Waals surface area contributed by atoms with Crippen molar-refractivity contribution in [3.63, 3.8) is 0 Å². The van der Waals surface area contributed by atoms with Crippen molar-refractivity contribution >= 4 is 15.9 Å². The average molecular weight is 325 g/mol. The largest absolute Gasteiger partial charge is 0.485 e. The van der Waals surface area contributed by atoms with Gasteiger partial charge in [-0.25, -0.2) is 4.98 Å². The minimum Gasteiger partial charge on any atom is -0.485 e. The van der Waals surface area contributed by atoms with Gasteiger partial charge >= 0.3 is 0 Å². The van der Waals surface area contributed by atoms with Crippen LogP contribution in [0.5, 0.6) is 5.75 Å². The van der Waals surface area contributed by atoms with Crippen molar-refractivity contribution in [3.05, 3.63) is 46.5 Å². The Morgan fingerprint density at radius 3 is 2.95 bits per heavy atom. The molecule has 0 saturated carbocycles. The minimum atomic E-state index is -0.561. The highest BCUT2D eigenvalue weighted by molar-refractivity contribution is 9.10. The molecule has 1 atom stereocenters. The Labute approximate surface area is 121 Å². The van der Waals surface area contributed by atoms with Crippen LogP contribution in [0.4, 0.5) is 0 Å². The minimum absolute atomic E-state index is 0.386. The number of rotatable bonds is 5. The van der Waals surface area contributed by atoms with E-state index in [1.165, 1.54) is 0 Å². The van der Waals surface area contributed by atoms with E-state index in [2.05, 4.69) is 27.8 Å². The van der Waals surface area contributed by atoms with Crippen LogP contribution in [0.1, 0.15) is 31.3 Å². The van der Waals surface area contributed by atoms with Gasteiger partial charge in [0.2, 0.25) is 0 Å². The number of aliphatic hydroxyl groups is 1. The Kier molecular flexibility index (Phi) is 4.61. The fourth-order valence-electron chi connectivity index (χ4n) is 1.89. The van der Waals surface area contributed by atoms with Crippen LogP contribution in [-0.4, -0.2) is 14.7 Å². The summed E-state index contributed by atoms with van der Waals surface area (Å²) in [5.74, 6) is 1.55. The molecule has 0 fully saturated rings. The number of hydrogen-bond donors (Lipinski definition) is 1. The second-order valence-electron chi connectivity index (χ2n) is 4.28. The molecule has 1 aromatic carbocycles. The van der Waals surface area contributed by atoms with Gasteiger partial charge in [-0.2, -0.15) is 0 Å². The fraction of sp³-hybridized carbons (Fsp3) is 0.357. The molecule has 0 aliphatic carbocycles. The summed E-state index contributed by atoms with van der Waals surface area (Å²) in [6.45, 7) is 5.03. The number of aliphatic hydroxyl groups excluding tert-OH is 1. The summed E-state index contributed by atoms with van der Waals surface area (Å²) < 4.78 is 8.74. The number of halogens is 1. The summed E-state index contributed by atoms with van der Waals surface area (Å²) >= 11 is 3.41. The van der Waals surface area contributed by atoms with E-state index in [1.54, 1.807) is 13.1 Å². The molecule has 5 heteroatoms. The van der Waals surface area contributed by atoms with E-state index in [9.17, 15) is 5.11 Å². The Hall–Kier alpha value is -1.33. The quantitative estimate of drug-likeness (QED) is 0.917. The molecule has 2 rings (SSSR count). The maximum atomic E-state index is 9.74. The first-order valence-electron chi connectivity index (χ1n) is 6.22. The summed E-state index contributed by atoms with van der Waals surface area (Å²) in [6, 6.07) is 5.61. The Morgan fingerprint density at radius 1 is 1.47 bits per heavy atom. The zero-order valence-electron chi connectivity index (χ0n) is 11.0. The molecular weight excluding hydrogens is 308 g/mol. The van der Waals surface area contributed by atoms with E-state index >= 15 is 0 Å². The maximum absolute atomic E-state index is 9.74. The molecule has 0 spiro atoms.